The monoisotopic (exact) mass is 193 g/mol. The van der Waals surface area contributed by atoms with Gasteiger partial charge in [0, 0.05) is 18.0 Å². The van der Waals surface area contributed by atoms with Gasteiger partial charge in [0.15, 0.2) is 0 Å². The molecule has 2 N–H and O–H groups in total. The van der Waals surface area contributed by atoms with Crippen LogP contribution in [0, 0.1) is 18.3 Å². The number of rotatable bonds is 0. The minimum absolute atomic E-state index is 0.275. The van der Waals surface area contributed by atoms with Crippen LogP contribution >= 0.6 is 0 Å². The Morgan fingerprint density at radius 2 is 2.21 bits per heavy atom. The first-order valence-electron chi connectivity index (χ1n) is 5.62. The van der Waals surface area contributed by atoms with Gasteiger partial charge in [-0.25, -0.2) is 0 Å². The van der Waals surface area contributed by atoms with Crippen LogP contribution in [0.3, 0.4) is 0 Å². The molecule has 0 spiro atoms. The Morgan fingerprint density at radius 3 is 2.93 bits per heavy atom. The van der Waals surface area contributed by atoms with Crippen molar-refractivity contribution in [2.75, 3.05) is 0 Å². The fourth-order valence-corrected chi connectivity index (χ4v) is 3.01. The van der Waals surface area contributed by atoms with Crippen LogP contribution in [-0.4, -0.2) is 22.8 Å². The molecule has 0 aromatic heterocycles. The van der Waals surface area contributed by atoms with E-state index in [0.717, 1.165) is 25.7 Å². The van der Waals surface area contributed by atoms with Gasteiger partial charge in [-0.1, -0.05) is 5.92 Å². The summed E-state index contributed by atoms with van der Waals surface area (Å²) in [6.07, 6.45) is 10.6. The molecular weight excluding hydrogens is 174 g/mol. The first-order chi connectivity index (χ1) is 6.65. The molecule has 4 unspecified atom stereocenters. The van der Waals surface area contributed by atoms with Gasteiger partial charge in [-0.3, -0.25) is 0 Å². The maximum atomic E-state index is 10.3. The smallest absolute Gasteiger partial charge is 0.129 e. The second-order valence-electron chi connectivity index (χ2n) is 4.82. The Labute approximate surface area is 86.1 Å². The lowest BCUT2D eigenvalue weighted by atomic mass is 9.68. The van der Waals surface area contributed by atoms with Crippen LogP contribution in [0.25, 0.3) is 0 Å². The van der Waals surface area contributed by atoms with Crippen molar-refractivity contribution in [1.29, 1.82) is 0 Å². The fourth-order valence-electron chi connectivity index (χ4n) is 3.01. The van der Waals surface area contributed by atoms with Gasteiger partial charge in [0.1, 0.15) is 5.60 Å². The summed E-state index contributed by atoms with van der Waals surface area (Å²) in [5, 5.41) is 13.8. The standard InChI is InChI=1S/C12H19NO/c1-3-12(14)8-4-5-11-10(12)7-6-9(2)13-11/h1,9-11,13-14H,4-8H2,2H3. The van der Waals surface area contributed by atoms with Crippen molar-refractivity contribution in [3.8, 4) is 12.3 Å². The molecule has 1 aliphatic carbocycles. The zero-order valence-corrected chi connectivity index (χ0v) is 8.79. The SMILES string of the molecule is C#CC1(O)CCCC2NC(C)CCC21. The maximum Gasteiger partial charge on any atom is 0.129 e. The number of terminal acetylenes is 1. The molecule has 2 heteroatoms. The van der Waals surface area contributed by atoms with Gasteiger partial charge in [0.2, 0.25) is 0 Å². The minimum atomic E-state index is -0.837. The van der Waals surface area contributed by atoms with Gasteiger partial charge in [-0.2, -0.15) is 0 Å². The second-order valence-corrected chi connectivity index (χ2v) is 4.82. The molecule has 2 fully saturated rings. The van der Waals surface area contributed by atoms with Crippen LogP contribution in [0.1, 0.15) is 39.0 Å². The molecule has 2 aliphatic rings. The molecule has 0 amide bonds. The zero-order valence-electron chi connectivity index (χ0n) is 8.79. The van der Waals surface area contributed by atoms with Crippen LogP contribution in [0.15, 0.2) is 0 Å². The van der Waals surface area contributed by atoms with E-state index in [1.807, 2.05) is 0 Å². The van der Waals surface area contributed by atoms with Crippen molar-refractivity contribution in [3.63, 3.8) is 0 Å². The summed E-state index contributed by atoms with van der Waals surface area (Å²) in [4.78, 5) is 0. The number of piperidine rings is 1. The first-order valence-corrected chi connectivity index (χ1v) is 5.62. The lowest BCUT2D eigenvalue weighted by Crippen LogP contribution is -2.57. The van der Waals surface area contributed by atoms with Crippen molar-refractivity contribution < 1.29 is 5.11 Å². The Balaban J connectivity index is 2.15. The predicted octanol–water partition coefficient (Wildman–Crippen LogP) is 1.29. The largest absolute Gasteiger partial charge is 0.377 e. The lowest BCUT2D eigenvalue weighted by Gasteiger charge is -2.46. The summed E-state index contributed by atoms with van der Waals surface area (Å²) in [5.74, 6) is 2.89. The normalized spacial score (nSPS) is 47.9. The fraction of sp³-hybridized carbons (Fsp3) is 0.833. The molecule has 0 aromatic carbocycles. The van der Waals surface area contributed by atoms with Crippen LogP contribution < -0.4 is 5.32 Å². The summed E-state index contributed by atoms with van der Waals surface area (Å²) < 4.78 is 0. The predicted molar refractivity (Wildman–Crippen MR) is 56.7 cm³/mol. The van der Waals surface area contributed by atoms with Gasteiger partial charge in [-0.05, 0) is 39.0 Å². The number of fused-ring (bicyclic) bond motifs is 1. The van der Waals surface area contributed by atoms with Crippen molar-refractivity contribution in [1.82, 2.24) is 5.32 Å². The van der Waals surface area contributed by atoms with E-state index in [0.29, 0.717) is 12.1 Å². The molecule has 0 bridgehead atoms. The molecule has 78 valence electrons. The lowest BCUT2D eigenvalue weighted by molar-refractivity contribution is -0.0319. The van der Waals surface area contributed by atoms with Gasteiger partial charge in [0.05, 0.1) is 0 Å². The van der Waals surface area contributed by atoms with E-state index in [4.69, 9.17) is 6.42 Å². The summed E-state index contributed by atoms with van der Waals surface area (Å²) in [7, 11) is 0. The van der Waals surface area contributed by atoms with Crippen molar-refractivity contribution in [2.45, 2.75) is 56.7 Å². The highest BCUT2D eigenvalue weighted by atomic mass is 16.3. The van der Waals surface area contributed by atoms with Crippen LogP contribution in [0.2, 0.25) is 0 Å². The Morgan fingerprint density at radius 1 is 1.43 bits per heavy atom. The molecule has 1 heterocycles. The molecule has 2 nitrogen and oxygen atoms in total. The first kappa shape index (κ1) is 10.0. The van der Waals surface area contributed by atoms with Crippen molar-refractivity contribution in [3.05, 3.63) is 0 Å². The average Bonchev–Trinajstić information content (AvgIpc) is 2.18. The van der Waals surface area contributed by atoms with Crippen molar-refractivity contribution in [2.24, 2.45) is 5.92 Å². The summed E-state index contributed by atoms with van der Waals surface area (Å²) in [5.41, 5.74) is -0.837. The summed E-state index contributed by atoms with van der Waals surface area (Å²) >= 11 is 0. The summed E-state index contributed by atoms with van der Waals surface area (Å²) in [6, 6.07) is 1.02. The van der Waals surface area contributed by atoms with Gasteiger partial charge >= 0.3 is 0 Å². The molecule has 2 rings (SSSR count). The van der Waals surface area contributed by atoms with E-state index in [2.05, 4.69) is 18.2 Å². The van der Waals surface area contributed by atoms with E-state index < -0.39 is 5.60 Å². The van der Waals surface area contributed by atoms with Crippen molar-refractivity contribution >= 4 is 0 Å². The van der Waals surface area contributed by atoms with Crippen LogP contribution in [0.4, 0.5) is 0 Å². The van der Waals surface area contributed by atoms with E-state index in [1.54, 1.807) is 0 Å². The third-order valence-electron chi connectivity index (χ3n) is 3.83. The molecule has 4 atom stereocenters. The van der Waals surface area contributed by atoms with E-state index in [-0.39, 0.29) is 5.92 Å². The topological polar surface area (TPSA) is 32.3 Å². The molecule has 1 aliphatic heterocycles. The zero-order chi connectivity index (χ0) is 10.2. The Kier molecular flexibility index (Phi) is 2.55. The summed E-state index contributed by atoms with van der Waals surface area (Å²) in [6.45, 7) is 2.21. The van der Waals surface area contributed by atoms with Gasteiger partial charge in [0.25, 0.3) is 0 Å². The van der Waals surface area contributed by atoms with Gasteiger partial charge < -0.3 is 10.4 Å². The number of aliphatic hydroxyl groups is 1. The van der Waals surface area contributed by atoms with E-state index in [1.165, 1.54) is 6.42 Å². The molecule has 1 saturated carbocycles. The molecule has 1 saturated heterocycles. The highest BCUT2D eigenvalue weighted by Gasteiger charge is 2.44. The average molecular weight is 193 g/mol. The molecule has 14 heavy (non-hydrogen) atoms. The number of nitrogens with one attached hydrogen (secondary N) is 1. The third kappa shape index (κ3) is 1.55. The van der Waals surface area contributed by atoms with E-state index >= 15 is 0 Å². The molecule has 0 radical (unpaired) electrons. The second kappa shape index (κ2) is 3.56. The van der Waals surface area contributed by atoms with Gasteiger partial charge in [-0.15, -0.1) is 6.42 Å². The number of hydrogen-bond donors (Lipinski definition) is 2. The molecular formula is C12H19NO. The maximum absolute atomic E-state index is 10.3. The highest BCUT2D eigenvalue weighted by molar-refractivity contribution is 5.15. The number of hydrogen-bond acceptors (Lipinski definition) is 2. The Hall–Kier alpha value is -0.520. The van der Waals surface area contributed by atoms with Crippen LogP contribution in [-0.2, 0) is 0 Å². The van der Waals surface area contributed by atoms with E-state index in [9.17, 15) is 5.11 Å². The Bertz CT molecular complexity index is 258. The third-order valence-corrected chi connectivity index (χ3v) is 3.83. The quantitative estimate of drug-likeness (QED) is 0.568. The minimum Gasteiger partial charge on any atom is -0.377 e. The molecule has 0 aromatic rings. The highest BCUT2D eigenvalue weighted by Crippen LogP contribution is 2.39. The van der Waals surface area contributed by atoms with Crippen LogP contribution in [0.5, 0.6) is 0 Å².